The summed E-state index contributed by atoms with van der Waals surface area (Å²) in [7, 11) is 1.90. The predicted molar refractivity (Wildman–Crippen MR) is 87.9 cm³/mol. The Morgan fingerprint density at radius 3 is 2.65 bits per heavy atom. The van der Waals surface area contributed by atoms with E-state index in [1.165, 1.54) is 0 Å². The maximum atomic E-state index is 12.4. The Morgan fingerprint density at radius 2 is 1.96 bits per heavy atom. The van der Waals surface area contributed by atoms with Gasteiger partial charge in [-0.15, -0.1) is 10.2 Å². The van der Waals surface area contributed by atoms with Gasteiger partial charge < -0.3 is 14.5 Å². The molecule has 6 nitrogen and oxygen atoms in total. The fourth-order valence-electron chi connectivity index (χ4n) is 2.55. The molecule has 2 aromatic heterocycles. The number of carbonyl (C=O) groups excluding carboxylic acids is 1. The molecule has 1 aromatic carbocycles. The van der Waals surface area contributed by atoms with Crippen LogP contribution < -0.4 is 5.32 Å². The van der Waals surface area contributed by atoms with Crippen LogP contribution in [0.2, 0.25) is 0 Å². The van der Waals surface area contributed by atoms with Crippen molar-refractivity contribution in [2.75, 3.05) is 6.54 Å². The zero-order chi connectivity index (χ0) is 16.2. The van der Waals surface area contributed by atoms with E-state index in [1.807, 2.05) is 65.6 Å². The van der Waals surface area contributed by atoms with Crippen LogP contribution in [0.4, 0.5) is 0 Å². The highest BCUT2D eigenvalue weighted by Crippen LogP contribution is 2.21. The maximum Gasteiger partial charge on any atom is 0.267 e. The van der Waals surface area contributed by atoms with E-state index in [2.05, 4.69) is 15.5 Å². The molecule has 0 fully saturated rings. The summed E-state index contributed by atoms with van der Waals surface area (Å²) < 4.78 is 3.81. The van der Waals surface area contributed by atoms with E-state index in [1.54, 1.807) is 6.33 Å². The molecule has 118 valence electrons. The monoisotopic (exact) mass is 309 g/mol. The fourth-order valence-corrected chi connectivity index (χ4v) is 2.55. The van der Waals surface area contributed by atoms with Crippen molar-refractivity contribution in [1.82, 2.24) is 24.6 Å². The van der Waals surface area contributed by atoms with Gasteiger partial charge in [0.25, 0.3) is 5.91 Å². The quantitative estimate of drug-likeness (QED) is 0.784. The standard InChI is InChI=1S/C17H19N5O/c1-13-20-19-12-22(13)11-10-18-17(23)16-9-8-15(21(16)2)14-6-4-3-5-7-14/h3-9,12H,10-11H2,1-2H3,(H,18,23). The first-order valence-corrected chi connectivity index (χ1v) is 7.50. The molecule has 0 aliphatic rings. The molecular formula is C17H19N5O. The van der Waals surface area contributed by atoms with Crippen LogP contribution in [-0.4, -0.2) is 31.8 Å². The normalized spacial score (nSPS) is 10.7. The van der Waals surface area contributed by atoms with E-state index in [0.717, 1.165) is 17.1 Å². The highest BCUT2D eigenvalue weighted by molar-refractivity contribution is 5.93. The third-order valence-corrected chi connectivity index (χ3v) is 3.87. The largest absolute Gasteiger partial charge is 0.349 e. The Bertz CT molecular complexity index is 804. The minimum absolute atomic E-state index is 0.0830. The molecule has 0 unspecified atom stereocenters. The van der Waals surface area contributed by atoms with Crippen molar-refractivity contribution >= 4 is 5.91 Å². The molecular weight excluding hydrogens is 290 g/mol. The van der Waals surface area contributed by atoms with Crippen LogP contribution >= 0.6 is 0 Å². The molecule has 1 amide bonds. The number of carbonyl (C=O) groups is 1. The number of nitrogens with zero attached hydrogens (tertiary/aromatic N) is 4. The molecule has 3 rings (SSSR count). The van der Waals surface area contributed by atoms with Gasteiger partial charge in [-0.05, 0) is 24.6 Å². The lowest BCUT2D eigenvalue weighted by Crippen LogP contribution is -2.28. The summed E-state index contributed by atoms with van der Waals surface area (Å²) >= 11 is 0. The van der Waals surface area contributed by atoms with Gasteiger partial charge in [0.2, 0.25) is 0 Å². The van der Waals surface area contributed by atoms with Gasteiger partial charge in [-0.1, -0.05) is 30.3 Å². The average molecular weight is 309 g/mol. The lowest BCUT2D eigenvalue weighted by Gasteiger charge is -2.09. The van der Waals surface area contributed by atoms with Crippen molar-refractivity contribution in [3.63, 3.8) is 0 Å². The van der Waals surface area contributed by atoms with E-state index >= 15 is 0 Å². The van der Waals surface area contributed by atoms with Crippen LogP contribution in [0.5, 0.6) is 0 Å². The topological polar surface area (TPSA) is 64.7 Å². The van der Waals surface area contributed by atoms with E-state index in [4.69, 9.17) is 0 Å². The molecule has 0 aliphatic carbocycles. The minimum Gasteiger partial charge on any atom is -0.349 e. The minimum atomic E-state index is -0.0830. The van der Waals surface area contributed by atoms with Gasteiger partial charge in [-0.3, -0.25) is 4.79 Å². The second kappa shape index (κ2) is 6.48. The second-order valence-electron chi connectivity index (χ2n) is 5.36. The van der Waals surface area contributed by atoms with Crippen molar-refractivity contribution in [1.29, 1.82) is 0 Å². The first-order valence-electron chi connectivity index (χ1n) is 7.50. The van der Waals surface area contributed by atoms with Gasteiger partial charge in [0.15, 0.2) is 0 Å². The van der Waals surface area contributed by atoms with Crippen LogP contribution in [0.3, 0.4) is 0 Å². The Kier molecular flexibility index (Phi) is 4.23. The highest BCUT2D eigenvalue weighted by atomic mass is 16.1. The zero-order valence-electron chi connectivity index (χ0n) is 13.2. The summed E-state index contributed by atoms with van der Waals surface area (Å²) in [5.41, 5.74) is 2.75. The Balaban J connectivity index is 1.66. The smallest absolute Gasteiger partial charge is 0.267 e. The second-order valence-corrected chi connectivity index (χ2v) is 5.36. The van der Waals surface area contributed by atoms with Gasteiger partial charge in [-0.25, -0.2) is 0 Å². The molecule has 2 heterocycles. The summed E-state index contributed by atoms with van der Waals surface area (Å²) in [5.74, 6) is 0.755. The lowest BCUT2D eigenvalue weighted by molar-refractivity contribution is 0.0944. The summed E-state index contributed by atoms with van der Waals surface area (Å²) in [6, 6.07) is 13.8. The SMILES string of the molecule is Cc1nncn1CCNC(=O)c1ccc(-c2ccccc2)n1C. The Hall–Kier alpha value is -2.89. The average Bonchev–Trinajstić information content (AvgIpc) is 3.14. The summed E-state index contributed by atoms with van der Waals surface area (Å²) in [6.45, 7) is 3.07. The lowest BCUT2D eigenvalue weighted by atomic mass is 10.2. The number of aromatic nitrogens is 4. The number of benzene rings is 1. The number of nitrogens with one attached hydrogen (secondary N) is 1. The summed E-state index contributed by atoms with van der Waals surface area (Å²) in [6.07, 6.45) is 1.66. The van der Waals surface area contributed by atoms with Gasteiger partial charge in [0.1, 0.15) is 17.8 Å². The predicted octanol–water partition coefficient (Wildman–Crippen LogP) is 2.02. The molecule has 23 heavy (non-hydrogen) atoms. The molecule has 0 atom stereocenters. The molecule has 3 aromatic rings. The first-order chi connectivity index (χ1) is 11.2. The molecule has 0 bridgehead atoms. The zero-order valence-corrected chi connectivity index (χ0v) is 13.2. The third kappa shape index (κ3) is 3.15. The van der Waals surface area contributed by atoms with Crippen LogP contribution in [0.1, 0.15) is 16.3 Å². The highest BCUT2D eigenvalue weighted by Gasteiger charge is 2.13. The van der Waals surface area contributed by atoms with Crippen LogP contribution in [-0.2, 0) is 13.6 Å². The van der Waals surface area contributed by atoms with E-state index in [9.17, 15) is 4.79 Å². The first kappa shape index (κ1) is 15.0. The summed E-state index contributed by atoms with van der Waals surface area (Å²) in [4.78, 5) is 12.4. The molecule has 0 spiro atoms. The number of hydrogen-bond acceptors (Lipinski definition) is 3. The van der Waals surface area contributed by atoms with Crippen molar-refractivity contribution in [2.45, 2.75) is 13.5 Å². The van der Waals surface area contributed by atoms with Gasteiger partial charge in [0.05, 0.1) is 0 Å². The Labute approximate surface area is 134 Å². The van der Waals surface area contributed by atoms with Gasteiger partial charge in [0, 0.05) is 25.8 Å². The molecule has 0 radical (unpaired) electrons. The summed E-state index contributed by atoms with van der Waals surface area (Å²) in [5, 5.41) is 10.7. The van der Waals surface area contributed by atoms with Crippen LogP contribution in [0, 0.1) is 6.92 Å². The van der Waals surface area contributed by atoms with Crippen molar-refractivity contribution in [3.05, 3.63) is 60.3 Å². The van der Waals surface area contributed by atoms with Crippen LogP contribution in [0.25, 0.3) is 11.3 Å². The molecule has 6 heteroatoms. The number of hydrogen-bond donors (Lipinski definition) is 1. The molecule has 1 N–H and O–H groups in total. The number of rotatable bonds is 5. The Morgan fingerprint density at radius 1 is 1.17 bits per heavy atom. The maximum absolute atomic E-state index is 12.4. The molecule has 0 aliphatic heterocycles. The van der Waals surface area contributed by atoms with Crippen molar-refractivity contribution in [2.24, 2.45) is 7.05 Å². The van der Waals surface area contributed by atoms with Crippen molar-refractivity contribution in [3.8, 4) is 11.3 Å². The molecule has 0 saturated carbocycles. The van der Waals surface area contributed by atoms with E-state index in [0.29, 0.717) is 18.8 Å². The van der Waals surface area contributed by atoms with E-state index < -0.39 is 0 Å². The number of amides is 1. The van der Waals surface area contributed by atoms with Gasteiger partial charge in [-0.2, -0.15) is 0 Å². The van der Waals surface area contributed by atoms with Gasteiger partial charge >= 0.3 is 0 Å². The van der Waals surface area contributed by atoms with Crippen molar-refractivity contribution < 1.29 is 4.79 Å². The molecule has 0 saturated heterocycles. The fraction of sp³-hybridized carbons (Fsp3) is 0.235. The number of aryl methyl sites for hydroxylation is 1. The van der Waals surface area contributed by atoms with E-state index in [-0.39, 0.29) is 5.91 Å². The third-order valence-electron chi connectivity index (χ3n) is 3.87. The van der Waals surface area contributed by atoms with Crippen LogP contribution in [0.15, 0.2) is 48.8 Å².